The molecule has 1 aliphatic carbocycles. The van der Waals surface area contributed by atoms with Crippen LogP contribution >= 0.6 is 11.3 Å². The van der Waals surface area contributed by atoms with Crippen molar-refractivity contribution >= 4 is 23.2 Å². The number of ether oxygens (including phenoxy) is 1. The highest BCUT2D eigenvalue weighted by molar-refractivity contribution is 7.12. The van der Waals surface area contributed by atoms with Gasteiger partial charge in [-0.1, -0.05) is 0 Å². The smallest absolute Gasteiger partial charge is 0.305 e. The van der Waals surface area contributed by atoms with Gasteiger partial charge in [0.05, 0.1) is 13.5 Å². The zero-order chi connectivity index (χ0) is 13.1. The van der Waals surface area contributed by atoms with Crippen molar-refractivity contribution in [3.8, 4) is 5.75 Å². The SMILES string of the molecule is COc1ccsc1C(=O)N(CCC(=O)O)C1CC1. The summed E-state index contributed by atoms with van der Waals surface area (Å²) in [7, 11) is 1.53. The van der Waals surface area contributed by atoms with Crippen molar-refractivity contribution in [3.05, 3.63) is 16.3 Å². The van der Waals surface area contributed by atoms with Gasteiger partial charge in [0.1, 0.15) is 10.6 Å². The molecule has 1 aliphatic rings. The minimum atomic E-state index is -0.883. The molecule has 0 bridgehead atoms. The number of aliphatic carboxylic acids is 1. The first-order valence-electron chi connectivity index (χ1n) is 5.77. The topological polar surface area (TPSA) is 66.8 Å². The van der Waals surface area contributed by atoms with Crippen LogP contribution in [-0.4, -0.2) is 41.6 Å². The Balaban J connectivity index is 2.10. The molecule has 6 heteroatoms. The number of nitrogens with zero attached hydrogens (tertiary/aromatic N) is 1. The summed E-state index contributed by atoms with van der Waals surface area (Å²) in [4.78, 5) is 25.2. The molecule has 2 rings (SSSR count). The van der Waals surface area contributed by atoms with E-state index in [0.29, 0.717) is 10.6 Å². The van der Waals surface area contributed by atoms with E-state index in [1.54, 1.807) is 16.3 Å². The van der Waals surface area contributed by atoms with Crippen molar-refractivity contribution in [2.75, 3.05) is 13.7 Å². The van der Waals surface area contributed by atoms with Crippen molar-refractivity contribution < 1.29 is 19.4 Å². The predicted octanol–water partition coefficient (Wildman–Crippen LogP) is 1.84. The third kappa shape index (κ3) is 2.81. The molecule has 1 aromatic rings. The Morgan fingerprint density at radius 3 is 2.83 bits per heavy atom. The molecule has 1 N–H and O–H groups in total. The van der Waals surface area contributed by atoms with E-state index >= 15 is 0 Å². The Morgan fingerprint density at radius 2 is 2.28 bits per heavy atom. The van der Waals surface area contributed by atoms with Gasteiger partial charge in [-0.15, -0.1) is 11.3 Å². The summed E-state index contributed by atoms with van der Waals surface area (Å²) >= 11 is 1.33. The predicted molar refractivity (Wildman–Crippen MR) is 67.2 cm³/mol. The van der Waals surface area contributed by atoms with Gasteiger partial charge in [-0.3, -0.25) is 9.59 Å². The van der Waals surface area contributed by atoms with E-state index in [9.17, 15) is 9.59 Å². The van der Waals surface area contributed by atoms with E-state index in [1.165, 1.54) is 18.4 Å². The summed E-state index contributed by atoms with van der Waals surface area (Å²) in [5.41, 5.74) is 0. The maximum absolute atomic E-state index is 12.3. The largest absolute Gasteiger partial charge is 0.495 e. The Bertz CT molecular complexity index is 453. The molecule has 98 valence electrons. The number of carboxylic acid groups (broad SMARTS) is 1. The molecule has 0 aliphatic heterocycles. The van der Waals surface area contributed by atoms with Gasteiger partial charge in [0.25, 0.3) is 5.91 Å². The number of rotatable bonds is 6. The highest BCUT2D eigenvalue weighted by Gasteiger charge is 2.34. The van der Waals surface area contributed by atoms with Crippen LogP contribution in [0.15, 0.2) is 11.4 Å². The highest BCUT2D eigenvalue weighted by Crippen LogP contribution is 2.32. The number of amides is 1. The Morgan fingerprint density at radius 1 is 1.56 bits per heavy atom. The Kier molecular flexibility index (Phi) is 3.86. The summed E-state index contributed by atoms with van der Waals surface area (Å²) in [5.74, 6) is -0.442. The molecule has 0 radical (unpaired) electrons. The second kappa shape index (κ2) is 5.39. The fourth-order valence-electron chi connectivity index (χ4n) is 1.80. The maximum atomic E-state index is 12.3. The average molecular weight is 269 g/mol. The molecule has 1 heterocycles. The van der Waals surface area contributed by atoms with Gasteiger partial charge in [-0.25, -0.2) is 0 Å². The first kappa shape index (κ1) is 12.9. The van der Waals surface area contributed by atoms with E-state index in [2.05, 4.69) is 0 Å². The quantitative estimate of drug-likeness (QED) is 0.855. The number of hydrogen-bond acceptors (Lipinski definition) is 4. The first-order valence-corrected chi connectivity index (χ1v) is 6.65. The van der Waals surface area contributed by atoms with Crippen molar-refractivity contribution in [1.82, 2.24) is 4.90 Å². The fraction of sp³-hybridized carbons (Fsp3) is 0.500. The van der Waals surface area contributed by atoms with Crippen molar-refractivity contribution in [2.45, 2.75) is 25.3 Å². The van der Waals surface area contributed by atoms with E-state index in [-0.39, 0.29) is 24.9 Å². The molecule has 0 aromatic carbocycles. The van der Waals surface area contributed by atoms with Crippen LogP contribution < -0.4 is 4.74 Å². The average Bonchev–Trinajstić information content (AvgIpc) is 3.06. The molecular formula is C12H15NO4S. The number of thiophene rings is 1. The molecule has 0 saturated heterocycles. The lowest BCUT2D eigenvalue weighted by Crippen LogP contribution is -2.34. The van der Waals surface area contributed by atoms with Gasteiger partial charge in [0.15, 0.2) is 0 Å². The molecule has 0 spiro atoms. The zero-order valence-electron chi connectivity index (χ0n) is 10.1. The summed E-state index contributed by atoms with van der Waals surface area (Å²) < 4.78 is 5.13. The molecule has 1 fully saturated rings. The van der Waals surface area contributed by atoms with Crippen LogP contribution in [0.4, 0.5) is 0 Å². The van der Waals surface area contributed by atoms with Crippen LogP contribution in [0.25, 0.3) is 0 Å². The lowest BCUT2D eigenvalue weighted by atomic mass is 10.3. The van der Waals surface area contributed by atoms with Crippen LogP contribution in [-0.2, 0) is 4.79 Å². The first-order chi connectivity index (χ1) is 8.63. The minimum absolute atomic E-state index is 0.0179. The molecule has 5 nitrogen and oxygen atoms in total. The summed E-state index contributed by atoms with van der Waals surface area (Å²) in [6.07, 6.45) is 1.90. The van der Waals surface area contributed by atoms with Crippen LogP contribution in [0.5, 0.6) is 5.75 Å². The van der Waals surface area contributed by atoms with Gasteiger partial charge in [-0.05, 0) is 24.3 Å². The van der Waals surface area contributed by atoms with Gasteiger partial charge in [-0.2, -0.15) is 0 Å². The van der Waals surface area contributed by atoms with Crippen LogP contribution in [0.1, 0.15) is 28.9 Å². The third-order valence-electron chi connectivity index (χ3n) is 2.86. The van der Waals surface area contributed by atoms with E-state index in [4.69, 9.17) is 9.84 Å². The van der Waals surface area contributed by atoms with Crippen LogP contribution in [0.3, 0.4) is 0 Å². The lowest BCUT2D eigenvalue weighted by Gasteiger charge is -2.21. The molecule has 1 saturated carbocycles. The van der Waals surface area contributed by atoms with Gasteiger partial charge in [0, 0.05) is 12.6 Å². The maximum Gasteiger partial charge on any atom is 0.305 e. The molecule has 0 atom stereocenters. The van der Waals surface area contributed by atoms with E-state index in [0.717, 1.165) is 12.8 Å². The van der Waals surface area contributed by atoms with Gasteiger partial charge < -0.3 is 14.7 Å². The summed E-state index contributed by atoms with van der Waals surface area (Å²) in [5, 5.41) is 10.5. The number of carbonyl (C=O) groups is 2. The second-order valence-electron chi connectivity index (χ2n) is 4.19. The third-order valence-corrected chi connectivity index (χ3v) is 3.74. The molecular weight excluding hydrogens is 254 g/mol. The number of carbonyl (C=O) groups excluding carboxylic acids is 1. The Labute approximate surface area is 109 Å². The van der Waals surface area contributed by atoms with Crippen molar-refractivity contribution in [2.24, 2.45) is 0 Å². The molecule has 1 aromatic heterocycles. The standard InChI is InChI=1S/C12H15NO4S/c1-17-9-5-7-18-11(9)12(16)13(8-2-3-8)6-4-10(14)15/h5,7-8H,2-4,6H2,1H3,(H,14,15). The summed E-state index contributed by atoms with van der Waals surface area (Å²) in [6, 6.07) is 1.95. The van der Waals surface area contributed by atoms with Gasteiger partial charge >= 0.3 is 5.97 Å². The monoisotopic (exact) mass is 269 g/mol. The Hall–Kier alpha value is -1.56. The second-order valence-corrected chi connectivity index (χ2v) is 5.11. The molecule has 0 unspecified atom stereocenters. The van der Waals surface area contributed by atoms with E-state index in [1.807, 2.05) is 0 Å². The molecule has 1 amide bonds. The van der Waals surface area contributed by atoms with Crippen LogP contribution in [0, 0.1) is 0 Å². The normalized spacial score (nSPS) is 14.3. The number of methoxy groups -OCH3 is 1. The summed E-state index contributed by atoms with van der Waals surface area (Å²) in [6.45, 7) is 0.264. The lowest BCUT2D eigenvalue weighted by molar-refractivity contribution is -0.137. The zero-order valence-corrected chi connectivity index (χ0v) is 10.9. The van der Waals surface area contributed by atoms with Crippen molar-refractivity contribution in [1.29, 1.82) is 0 Å². The minimum Gasteiger partial charge on any atom is -0.495 e. The van der Waals surface area contributed by atoms with E-state index < -0.39 is 5.97 Å². The number of hydrogen-bond donors (Lipinski definition) is 1. The fourth-order valence-corrected chi connectivity index (χ4v) is 2.61. The number of carboxylic acids is 1. The van der Waals surface area contributed by atoms with Crippen LogP contribution in [0.2, 0.25) is 0 Å². The molecule has 18 heavy (non-hydrogen) atoms. The highest BCUT2D eigenvalue weighted by atomic mass is 32.1. The van der Waals surface area contributed by atoms with Gasteiger partial charge in [0.2, 0.25) is 0 Å². The van der Waals surface area contributed by atoms with Crippen molar-refractivity contribution in [3.63, 3.8) is 0 Å².